The molecular formula is C19H26N2O2. The molecule has 1 heterocycles. The Morgan fingerprint density at radius 1 is 1.30 bits per heavy atom. The fourth-order valence-electron chi connectivity index (χ4n) is 2.73. The summed E-state index contributed by atoms with van der Waals surface area (Å²) in [5, 5.41) is 1.01. The van der Waals surface area contributed by atoms with Gasteiger partial charge in [-0.1, -0.05) is 25.1 Å². The molecule has 2 rings (SSSR count). The van der Waals surface area contributed by atoms with E-state index in [4.69, 9.17) is 9.72 Å². The number of aryl methyl sites for hydroxylation is 1. The third-order valence-corrected chi connectivity index (χ3v) is 4.45. The van der Waals surface area contributed by atoms with Gasteiger partial charge in [-0.3, -0.25) is 9.88 Å². The van der Waals surface area contributed by atoms with Crippen LogP contribution >= 0.6 is 0 Å². The second-order valence-corrected chi connectivity index (χ2v) is 5.97. The number of carbonyl (C=O) groups is 1. The molecule has 1 aromatic carbocycles. The Hall–Kier alpha value is -1.94. The van der Waals surface area contributed by atoms with E-state index < -0.39 is 0 Å². The molecule has 0 saturated carbocycles. The second kappa shape index (κ2) is 7.55. The first-order valence-electron chi connectivity index (χ1n) is 8.25. The molecule has 1 unspecified atom stereocenters. The molecule has 0 saturated heterocycles. The molecule has 4 nitrogen and oxygen atoms in total. The molecule has 1 aromatic heterocycles. The fraction of sp³-hybridized carbons (Fsp3) is 0.474. The minimum atomic E-state index is -0.282. The van der Waals surface area contributed by atoms with Crippen molar-refractivity contribution in [1.82, 2.24) is 9.88 Å². The van der Waals surface area contributed by atoms with Gasteiger partial charge in [0.15, 0.2) is 0 Å². The number of ether oxygens (including phenoxy) is 1. The average Bonchev–Trinajstić information content (AvgIpc) is 2.54. The molecule has 1 atom stereocenters. The van der Waals surface area contributed by atoms with Crippen molar-refractivity contribution in [2.45, 2.75) is 46.7 Å². The van der Waals surface area contributed by atoms with E-state index in [1.54, 1.807) is 0 Å². The summed E-state index contributed by atoms with van der Waals surface area (Å²) in [5.41, 5.74) is 3.27. The molecule has 0 spiro atoms. The van der Waals surface area contributed by atoms with E-state index >= 15 is 0 Å². The van der Waals surface area contributed by atoms with Crippen molar-refractivity contribution in [1.29, 1.82) is 0 Å². The van der Waals surface area contributed by atoms with Gasteiger partial charge in [-0.25, -0.2) is 4.79 Å². The predicted octanol–water partition coefficient (Wildman–Crippen LogP) is 3.95. The maximum Gasteiger partial charge on any atom is 0.340 e. The van der Waals surface area contributed by atoms with E-state index in [9.17, 15) is 4.79 Å². The zero-order valence-corrected chi connectivity index (χ0v) is 14.7. The molecule has 0 radical (unpaired) electrons. The van der Waals surface area contributed by atoms with Crippen molar-refractivity contribution in [2.24, 2.45) is 0 Å². The summed E-state index contributed by atoms with van der Waals surface area (Å²) in [6.45, 7) is 9.14. The minimum Gasteiger partial charge on any atom is -0.462 e. The van der Waals surface area contributed by atoms with Crippen molar-refractivity contribution in [3.63, 3.8) is 0 Å². The van der Waals surface area contributed by atoms with Crippen molar-refractivity contribution >= 4 is 16.9 Å². The normalized spacial score (nSPS) is 12.6. The van der Waals surface area contributed by atoms with Gasteiger partial charge < -0.3 is 4.74 Å². The highest BCUT2D eigenvalue weighted by molar-refractivity contribution is 5.98. The smallest absolute Gasteiger partial charge is 0.340 e. The van der Waals surface area contributed by atoms with Crippen LogP contribution in [0.5, 0.6) is 0 Å². The Balaban J connectivity index is 2.55. The lowest BCUT2D eigenvalue weighted by molar-refractivity contribution is 0.0522. The van der Waals surface area contributed by atoms with Gasteiger partial charge >= 0.3 is 5.97 Å². The van der Waals surface area contributed by atoms with Crippen LogP contribution < -0.4 is 0 Å². The highest BCUT2D eigenvalue weighted by atomic mass is 16.5. The number of hydrogen-bond acceptors (Lipinski definition) is 4. The van der Waals surface area contributed by atoms with E-state index in [1.807, 2.05) is 38.1 Å². The van der Waals surface area contributed by atoms with Gasteiger partial charge in [0, 0.05) is 18.0 Å². The first kappa shape index (κ1) is 17.4. The number of pyridine rings is 1. The van der Waals surface area contributed by atoms with E-state index in [1.165, 1.54) is 0 Å². The summed E-state index contributed by atoms with van der Waals surface area (Å²) < 4.78 is 5.27. The second-order valence-electron chi connectivity index (χ2n) is 5.97. The van der Waals surface area contributed by atoms with Crippen LogP contribution in [0.3, 0.4) is 0 Å². The number of aromatic nitrogens is 1. The Labute approximate surface area is 138 Å². The first-order valence-corrected chi connectivity index (χ1v) is 8.25. The zero-order valence-electron chi connectivity index (χ0n) is 14.7. The molecule has 23 heavy (non-hydrogen) atoms. The molecule has 0 amide bonds. The number of benzene rings is 1. The first-order chi connectivity index (χ1) is 11.0. The molecule has 0 aliphatic rings. The van der Waals surface area contributed by atoms with Gasteiger partial charge in [-0.15, -0.1) is 0 Å². The number of nitrogens with zero attached hydrogens (tertiary/aromatic N) is 2. The van der Waals surface area contributed by atoms with Gasteiger partial charge in [0.2, 0.25) is 0 Å². The molecule has 0 N–H and O–H groups in total. The van der Waals surface area contributed by atoms with Gasteiger partial charge in [0.1, 0.15) is 0 Å². The van der Waals surface area contributed by atoms with Crippen molar-refractivity contribution < 1.29 is 9.53 Å². The SMILES string of the molecule is CCOC(=O)c1c(CN(C)C(C)CC)nc2ccccc2c1C. The quantitative estimate of drug-likeness (QED) is 0.757. The molecule has 0 aliphatic carbocycles. The maximum atomic E-state index is 12.5. The van der Waals surface area contributed by atoms with Crippen LogP contribution in [-0.4, -0.2) is 35.5 Å². The Morgan fingerprint density at radius 3 is 2.65 bits per heavy atom. The maximum absolute atomic E-state index is 12.5. The standard InChI is InChI=1S/C19H26N2O2/c1-6-13(3)21(5)12-17-18(19(22)23-7-2)14(4)15-10-8-9-11-16(15)20-17/h8-11,13H,6-7,12H2,1-5H3. The Bertz CT molecular complexity index is 697. The number of fused-ring (bicyclic) bond motifs is 1. The van der Waals surface area contributed by atoms with E-state index in [0.29, 0.717) is 24.8 Å². The topological polar surface area (TPSA) is 42.4 Å². The molecule has 0 fully saturated rings. The van der Waals surface area contributed by atoms with E-state index in [0.717, 1.165) is 28.6 Å². The summed E-state index contributed by atoms with van der Waals surface area (Å²) >= 11 is 0. The predicted molar refractivity (Wildman–Crippen MR) is 93.7 cm³/mol. The van der Waals surface area contributed by atoms with Gasteiger partial charge in [0.25, 0.3) is 0 Å². The minimum absolute atomic E-state index is 0.282. The van der Waals surface area contributed by atoms with Crippen LogP contribution in [0.2, 0.25) is 0 Å². The number of para-hydroxylation sites is 1. The van der Waals surface area contributed by atoms with Crippen LogP contribution in [0.1, 0.15) is 48.8 Å². The average molecular weight is 314 g/mol. The molecule has 124 valence electrons. The van der Waals surface area contributed by atoms with Crippen LogP contribution in [0, 0.1) is 6.92 Å². The number of esters is 1. The largest absolute Gasteiger partial charge is 0.462 e. The van der Waals surface area contributed by atoms with Crippen LogP contribution in [0.4, 0.5) is 0 Å². The van der Waals surface area contributed by atoms with Crippen molar-refractivity contribution in [2.75, 3.05) is 13.7 Å². The van der Waals surface area contributed by atoms with Crippen molar-refractivity contribution in [3.8, 4) is 0 Å². The zero-order chi connectivity index (χ0) is 17.0. The summed E-state index contributed by atoms with van der Waals surface area (Å²) in [5.74, 6) is -0.282. The molecular weight excluding hydrogens is 288 g/mol. The lowest BCUT2D eigenvalue weighted by Gasteiger charge is -2.24. The molecule has 0 bridgehead atoms. The lowest BCUT2D eigenvalue weighted by Crippen LogP contribution is -2.29. The number of carbonyl (C=O) groups excluding carboxylic acids is 1. The van der Waals surface area contributed by atoms with Crippen LogP contribution in [0.15, 0.2) is 24.3 Å². The van der Waals surface area contributed by atoms with Crippen LogP contribution in [-0.2, 0) is 11.3 Å². The monoisotopic (exact) mass is 314 g/mol. The summed E-state index contributed by atoms with van der Waals surface area (Å²) in [6.07, 6.45) is 1.05. The van der Waals surface area contributed by atoms with E-state index in [2.05, 4.69) is 25.8 Å². The fourth-order valence-corrected chi connectivity index (χ4v) is 2.73. The van der Waals surface area contributed by atoms with Gasteiger partial charge in [-0.2, -0.15) is 0 Å². The molecule has 4 heteroatoms. The Kier molecular flexibility index (Phi) is 5.72. The third-order valence-electron chi connectivity index (χ3n) is 4.45. The van der Waals surface area contributed by atoms with Gasteiger partial charge in [-0.05, 0) is 45.9 Å². The van der Waals surface area contributed by atoms with Crippen LogP contribution in [0.25, 0.3) is 10.9 Å². The van der Waals surface area contributed by atoms with Gasteiger partial charge in [0.05, 0.1) is 23.4 Å². The third kappa shape index (κ3) is 3.70. The molecule has 0 aliphatic heterocycles. The summed E-state index contributed by atoms with van der Waals surface area (Å²) in [4.78, 5) is 19.4. The lowest BCUT2D eigenvalue weighted by atomic mass is 10.0. The van der Waals surface area contributed by atoms with Crippen molar-refractivity contribution in [3.05, 3.63) is 41.1 Å². The number of rotatable bonds is 6. The summed E-state index contributed by atoms with van der Waals surface area (Å²) in [7, 11) is 2.06. The summed E-state index contributed by atoms with van der Waals surface area (Å²) in [6, 6.07) is 8.36. The highest BCUT2D eigenvalue weighted by Crippen LogP contribution is 2.25. The van der Waals surface area contributed by atoms with E-state index in [-0.39, 0.29) is 5.97 Å². The molecule has 2 aromatic rings. The Morgan fingerprint density at radius 2 is 2.00 bits per heavy atom. The highest BCUT2D eigenvalue weighted by Gasteiger charge is 2.21. The number of hydrogen-bond donors (Lipinski definition) is 0.